The summed E-state index contributed by atoms with van der Waals surface area (Å²) in [5.41, 5.74) is 0. The van der Waals surface area contributed by atoms with E-state index in [1.807, 2.05) is 0 Å². The van der Waals surface area contributed by atoms with E-state index >= 15 is 0 Å². The molecule has 0 N–H and O–H groups in total. The van der Waals surface area contributed by atoms with E-state index in [0.29, 0.717) is 0 Å². The Balaban J connectivity index is 3.40. The molecule has 0 aromatic rings. The third-order valence-corrected chi connectivity index (χ3v) is 1.02. The van der Waals surface area contributed by atoms with E-state index in [0.717, 1.165) is 0 Å². The van der Waals surface area contributed by atoms with Gasteiger partial charge in [0.25, 0.3) is 0 Å². The van der Waals surface area contributed by atoms with Crippen LogP contribution in [0.2, 0.25) is 0 Å². The zero-order chi connectivity index (χ0) is 9.94. The molecule has 0 aliphatic rings. The molecule has 0 aromatic carbocycles. The number of esters is 1. The summed E-state index contributed by atoms with van der Waals surface area (Å²) in [7, 11) is 0. The zero-order valence-electron chi connectivity index (χ0n) is 6.86. The summed E-state index contributed by atoms with van der Waals surface area (Å²) in [6.45, 7) is 0.213. The molecule has 0 spiro atoms. The van der Waals surface area contributed by atoms with Crippen LogP contribution in [0, 0.1) is 0 Å². The third-order valence-electron chi connectivity index (χ3n) is 1.02. The normalized spacial score (nSPS) is 8.00. The molecule has 0 aromatic heterocycles. The molecule has 6 heteroatoms. The van der Waals surface area contributed by atoms with E-state index in [1.54, 1.807) is 0 Å². The minimum Gasteiger partial charge on any atom is -0.464 e. The monoisotopic (exact) mass is 184 g/mol. The molecular formula is C7H8N2O4. The van der Waals surface area contributed by atoms with E-state index in [2.05, 4.69) is 14.7 Å². The first-order valence-corrected chi connectivity index (χ1v) is 3.54. The van der Waals surface area contributed by atoms with Gasteiger partial charge in [0.2, 0.25) is 12.2 Å². The van der Waals surface area contributed by atoms with Crippen LogP contribution < -0.4 is 0 Å². The maximum absolute atomic E-state index is 10.7. The number of rotatable bonds is 6. The van der Waals surface area contributed by atoms with Crippen LogP contribution in [0.15, 0.2) is 9.98 Å². The van der Waals surface area contributed by atoms with Crippen molar-refractivity contribution in [2.75, 3.05) is 19.7 Å². The summed E-state index contributed by atoms with van der Waals surface area (Å²) in [4.78, 5) is 36.2. The first-order valence-electron chi connectivity index (χ1n) is 3.54. The van der Waals surface area contributed by atoms with Gasteiger partial charge in [0.1, 0.15) is 6.61 Å². The highest BCUT2D eigenvalue weighted by Crippen LogP contribution is 1.86. The smallest absolute Gasteiger partial charge is 0.307 e. The maximum atomic E-state index is 10.7. The van der Waals surface area contributed by atoms with Crippen molar-refractivity contribution in [2.24, 2.45) is 9.98 Å². The molecule has 0 amide bonds. The van der Waals surface area contributed by atoms with Crippen molar-refractivity contribution in [1.29, 1.82) is 0 Å². The lowest BCUT2D eigenvalue weighted by molar-refractivity contribution is -0.143. The zero-order valence-corrected chi connectivity index (χ0v) is 6.86. The highest BCUT2D eigenvalue weighted by Gasteiger charge is 2.00. The Labute approximate surface area is 74.3 Å². The molecule has 0 fully saturated rings. The highest BCUT2D eigenvalue weighted by atomic mass is 16.5. The fourth-order valence-corrected chi connectivity index (χ4v) is 0.516. The van der Waals surface area contributed by atoms with Crippen molar-refractivity contribution >= 4 is 18.1 Å². The van der Waals surface area contributed by atoms with E-state index in [-0.39, 0.29) is 26.1 Å². The van der Waals surface area contributed by atoms with Crippen molar-refractivity contribution in [3.05, 3.63) is 0 Å². The van der Waals surface area contributed by atoms with Crippen LogP contribution in [-0.4, -0.2) is 37.8 Å². The average molecular weight is 184 g/mol. The minimum absolute atomic E-state index is 0.0278. The van der Waals surface area contributed by atoms with Crippen molar-refractivity contribution in [1.82, 2.24) is 0 Å². The maximum Gasteiger partial charge on any atom is 0.307 e. The fourth-order valence-electron chi connectivity index (χ4n) is 0.516. The quantitative estimate of drug-likeness (QED) is 0.243. The van der Waals surface area contributed by atoms with Gasteiger partial charge in [-0.05, 0) is 0 Å². The molecule has 0 aliphatic carbocycles. The molecule has 13 heavy (non-hydrogen) atoms. The predicted molar refractivity (Wildman–Crippen MR) is 41.6 cm³/mol. The lowest BCUT2D eigenvalue weighted by atomic mass is 10.4. The van der Waals surface area contributed by atoms with E-state index < -0.39 is 5.97 Å². The van der Waals surface area contributed by atoms with Crippen LogP contribution in [0.1, 0.15) is 6.42 Å². The molecule has 0 atom stereocenters. The standard InChI is InChI=1S/C7H8N2O4/c10-5-8-2-1-7(12)13-4-3-9-6-11/h1-4H2. The van der Waals surface area contributed by atoms with Gasteiger partial charge in [0, 0.05) is 0 Å². The number of carbonyl (C=O) groups is 1. The second kappa shape index (κ2) is 8.33. The molecular weight excluding hydrogens is 176 g/mol. The van der Waals surface area contributed by atoms with Crippen molar-refractivity contribution in [3.8, 4) is 0 Å². The molecule has 0 unspecified atom stereocenters. The first kappa shape index (κ1) is 11.2. The van der Waals surface area contributed by atoms with Gasteiger partial charge in [-0.1, -0.05) is 0 Å². The fraction of sp³-hybridized carbons (Fsp3) is 0.571. The van der Waals surface area contributed by atoms with Gasteiger partial charge in [-0.15, -0.1) is 0 Å². The molecule has 0 heterocycles. The lowest BCUT2D eigenvalue weighted by Crippen LogP contribution is -2.08. The Morgan fingerprint density at radius 3 is 2.38 bits per heavy atom. The van der Waals surface area contributed by atoms with E-state index in [1.165, 1.54) is 12.2 Å². The summed E-state index contributed by atoms with van der Waals surface area (Å²) < 4.78 is 4.59. The summed E-state index contributed by atoms with van der Waals surface area (Å²) in [6, 6.07) is 0. The average Bonchev–Trinajstić information content (AvgIpc) is 2.13. The number of nitrogens with zero attached hydrogens (tertiary/aromatic N) is 2. The summed E-state index contributed by atoms with van der Waals surface area (Å²) in [6.07, 6.45) is 2.63. The van der Waals surface area contributed by atoms with E-state index in [9.17, 15) is 14.4 Å². The number of isocyanates is 2. The predicted octanol–water partition coefficient (Wildman–Crippen LogP) is -0.409. The van der Waals surface area contributed by atoms with Crippen LogP contribution in [0.25, 0.3) is 0 Å². The first-order chi connectivity index (χ1) is 6.31. The molecule has 0 bridgehead atoms. The topological polar surface area (TPSA) is 85.2 Å². The van der Waals surface area contributed by atoms with Gasteiger partial charge in [-0.25, -0.2) is 19.6 Å². The third kappa shape index (κ3) is 8.13. The number of hydrogen-bond acceptors (Lipinski definition) is 6. The minimum atomic E-state index is -0.486. The second-order valence-electron chi connectivity index (χ2n) is 1.92. The summed E-state index contributed by atoms with van der Waals surface area (Å²) in [5.74, 6) is -0.486. The van der Waals surface area contributed by atoms with Crippen LogP contribution in [0.3, 0.4) is 0 Å². The molecule has 0 saturated carbocycles. The number of ether oxygens (including phenoxy) is 1. The SMILES string of the molecule is O=C=NCCOC(=O)CCN=C=O. The van der Waals surface area contributed by atoms with Crippen LogP contribution in [-0.2, 0) is 19.1 Å². The van der Waals surface area contributed by atoms with Crippen LogP contribution in [0.5, 0.6) is 0 Å². The molecule has 6 nitrogen and oxygen atoms in total. The van der Waals surface area contributed by atoms with Gasteiger partial charge >= 0.3 is 5.97 Å². The second-order valence-corrected chi connectivity index (χ2v) is 1.92. The molecule has 0 rings (SSSR count). The van der Waals surface area contributed by atoms with E-state index in [4.69, 9.17) is 0 Å². The Kier molecular flexibility index (Phi) is 7.19. The Morgan fingerprint density at radius 2 is 1.77 bits per heavy atom. The Bertz CT molecular complexity index is 251. The summed E-state index contributed by atoms with van der Waals surface area (Å²) >= 11 is 0. The molecule has 0 saturated heterocycles. The number of hydrogen-bond donors (Lipinski definition) is 0. The van der Waals surface area contributed by atoms with Gasteiger partial charge in [-0.2, -0.15) is 0 Å². The Hall–Kier alpha value is -1.77. The van der Waals surface area contributed by atoms with Crippen molar-refractivity contribution in [3.63, 3.8) is 0 Å². The van der Waals surface area contributed by atoms with Gasteiger partial charge in [0.15, 0.2) is 0 Å². The van der Waals surface area contributed by atoms with Crippen LogP contribution >= 0.6 is 0 Å². The lowest BCUT2D eigenvalue weighted by Gasteiger charge is -1.98. The molecule has 70 valence electrons. The van der Waals surface area contributed by atoms with Crippen molar-refractivity contribution < 1.29 is 19.1 Å². The van der Waals surface area contributed by atoms with Gasteiger partial charge in [-0.3, -0.25) is 4.79 Å². The number of carbonyl (C=O) groups excluding carboxylic acids is 3. The molecule has 0 radical (unpaired) electrons. The number of aliphatic imine (C=N–C) groups is 2. The van der Waals surface area contributed by atoms with Crippen molar-refractivity contribution in [2.45, 2.75) is 6.42 Å². The Morgan fingerprint density at radius 1 is 1.15 bits per heavy atom. The molecule has 0 aliphatic heterocycles. The van der Waals surface area contributed by atoms with Crippen LogP contribution in [0.4, 0.5) is 0 Å². The highest BCUT2D eigenvalue weighted by molar-refractivity contribution is 5.69. The van der Waals surface area contributed by atoms with Gasteiger partial charge in [0.05, 0.1) is 19.5 Å². The van der Waals surface area contributed by atoms with Gasteiger partial charge < -0.3 is 4.74 Å². The summed E-state index contributed by atoms with van der Waals surface area (Å²) in [5, 5.41) is 0. The largest absolute Gasteiger partial charge is 0.464 e.